The highest BCUT2D eigenvalue weighted by atomic mass is 32.2. The monoisotopic (exact) mass is 260 g/mol. The van der Waals surface area contributed by atoms with Crippen molar-refractivity contribution in [3.05, 3.63) is 42.5 Å². The number of hydrogen-bond donors (Lipinski definition) is 1. The first-order chi connectivity index (χ1) is 8.88. The second-order valence-electron chi connectivity index (χ2n) is 3.78. The molecule has 0 aromatic carbocycles. The standard InChI is InChI=1S/C13H16N4S/c1-2-6-14-12-9-16-11(8-17-12)10-18-13-5-3-4-7-15-13/h3-5,7-9H,2,6,10H2,1H3,(H,14,17). The van der Waals surface area contributed by atoms with Gasteiger partial charge in [-0.2, -0.15) is 0 Å². The fraction of sp³-hybridized carbons (Fsp3) is 0.308. The van der Waals surface area contributed by atoms with E-state index in [1.165, 1.54) is 0 Å². The van der Waals surface area contributed by atoms with Gasteiger partial charge in [0.2, 0.25) is 0 Å². The number of aromatic nitrogens is 3. The second-order valence-corrected chi connectivity index (χ2v) is 4.77. The van der Waals surface area contributed by atoms with Crippen LogP contribution in [0.15, 0.2) is 41.8 Å². The minimum absolute atomic E-state index is 0.790. The Labute approximate surface area is 111 Å². The topological polar surface area (TPSA) is 50.7 Å². The summed E-state index contributed by atoms with van der Waals surface area (Å²) in [5.74, 6) is 1.63. The lowest BCUT2D eigenvalue weighted by Crippen LogP contribution is -2.02. The molecule has 0 bridgehead atoms. The van der Waals surface area contributed by atoms with Gasteiger partial charge in [0.05, 0.1) is 23.1 Å². The molecule has 0 saturated carbocycles. The SMILES string of the molecule is CCCNc1cnc(CSc2ccccn2)cn1. The Morgan fingerprint density at radius 3 is 2.78 bits per heavy atom. The maximum atomic E-state index is 4.37. The number of thioether (sulfide) groups is 1. The average Bonchev–Trinajstić information content (AvgIpc) is 2.45. The summed E-state index contributed by atoms with van der Waals surface area (Å²) in [5, 5.41) is 4.21. The van der Waals surface area contributed by atoms with Crippen LogP contribution in [0.2, 0.25) is 0 Å². The lowest BCUT2D eigenvalue weighted by atomic mass is 10.4. The summed E-state index contributed by atoms with van der Waals surface area (Å²) in [6.07, 6.45) is 6.47. The van der Waals surface area contributed by atoms with Crippen molar-refractivity contribution in [2.24, 2.45) is 0 Å². The van der Waals surface area contributed by atoms with Crippen LogP contribution in [0.1, 0.15) is 19.0 Å². The predicted molar refractivity (Wildman–Crippen MR) is 74.6 cm³/mol. The summed E-state index contributed by atoms with van der Waals surface area (Å²) in [5.41, 5.74) is 0.965. The van der Waals surface area contributed by atoms with Crippen molar-refractivity contribution in [3.8, 4) is 0 Å². The molecule has 0 radical (unpaired) electrons. The molecule has 0 aliphatic heterocycles. The molecule has 0 fully saturated rings. The first-order valence-corrected chi connectivity index (χ1v) is 6.95. The molecule has 2 rings (SSSR count). The highest BCUT2D eigenvalue weighted by Gasteiger charge is 1.99. The van der Waals surface area contributed by atoms with E-state index in [0.29, 0.717) is 0 Å². The largest absolute Gasteiger partial charge is 0.369 e. The van der Waals surface area contributed by atoms with Crippen LogP contribution in [-0.4, -0.2) is 21.5 Å². The molecule has 5 heteroatoms. The molecule has 2 aromatic heterocycles. The summed E-state index contributed by atoms with van der Waals surface area (Å²) < 4.78 is 0. The molecule has 0 amide bonds. The van der Waals surface area contributed by atoms with Crippen molar-refractivity contribution in [2.75, 3.05) is 11.9 Å². The van der Waals surface area contributed by atoms with Crippen molar-refractivity contribution < 1.29 is 0 Å². The maximum Gasteiger partial charge on any atom is 0.144 e. The average molecular weight is 260 g/mol. The Morgan fingerprint density at radius 1 is 1.17 bits per heavy atom. The van der Waals surface area contributed by atoms with E-state index in [9.17, 15) is 0 Å². The zero-order valence-electron chi connectivity index (χ0n) is 10.3. The highest BCUT2D eigenvalue weighted by molar-refractivity contribution is 7.98. The van der Waals surface area contributed by atoms with Gasteiger partial charge in [-0.1, -0.05) is 24.8 Å². The van der Waals surface area contributed by atoms with Gasteiger partial charge in [-0.05, 0) is 18.6 Å². The zero-order chi connectivity index (χ0) is 12.6. The Balaban J connectivity index is 1.86. The van der Waals surface area contributed by atoms with Gasteiger partial charge in [0.15, 0.2) is 0 Å². The van der Waals surface area contributed by atoms with Gasteiger partial charge in [0, 0.05) is 18.5 Å². The normalized spacial score (nSPS) is 10.3. The minimum atomic E-state index is 0.790. The van der Waals surface area contributed by atoms with Gasteiger partial charge in [-0.25, -0.2) is 9.97 Å². The van der Waals surface area contributed by atoms with Gasteiger partial charge in [-0.15, -0.1) is 0 Å². The van der Waals surface area contributed by atoms with E-state index < -0.39 is 0 Å². The van der Waals surface area contributed by atoms with Crippen LogP contribution < -0.4 is 5.32 Å². The molecule has 2 aromatic rings. The highest BCUT2D eigenvalue weighted by Crippen LogP contribution is 2.18. The van der Waals surface area contributed by atoms with Crippen molar-refractivity contribution in [3.63, 3.8) is 0 Å². The summed E-state index contributed by atoms with van der Waals surface area (Å²) in [7, 11) is 0. The fourth-order valence-electron chi connectivity index (χ4n) is 1.35. The predicted octanol–water partition coefficient (Wildman–Crippen LogP) is 2.99. The van der Waals surface area contributed by atoms with E-state index in [2.05, 4.69) is 27.2 Å². The molecule has 0 aliphatic carbocycles. The molecule has 0 unspecified atom stereocenters. The number of anilines is 1. The van der Waals surface area contributed by atoms with Gasteiger partial charge in [0.1, 0.15) is 5.82 Å². The van der Waals surface area contributed by atoms with Crippen LogP contribution >= 0.6 is 11.8 Å². The lowest BCUT2D eigenvalue weighted by molar-refractivity contribution is 0.960. The fourth-order valence-corrected chi connectivity index (χ4v) is 2.11. The summed E-state index contributed by atoms with van der Waals surface area (Å²) in [6, 6.07) is 5.89. The van der Waals surface area contributed by atoms with Crippen LogP contribution in [0.3, 0.4) is 0 Å². The van der Waals surface area contributed by atoms with Crippen molar-refractivity contribution in [1.82, 2.24) is 15.0 Å². The summed E-state index contributed by atoms with van der Waals surface area (Å²) in [6.45, 7) is 3.05. The third-order valence-electron chi connectivity index (χ3n) is 2.27. The quantitative estimate of drug-likeness (QED) is 0.809. The lowest BCUT2D eigenvalue weighted by Gasteiger charge is -2.04. The van der Waals surface area contributed by atoms with Crippen molar-refractivity contribution >= 4 is 17.6 Å². The first kappa shape index (κ1) is 12.8. The summed E-state index contributed by atoms with van der Waals surface area (Å²) in [4.78, 5) is 12.9. The van der Waals surface area contributed by atoms with Gasteiger partial charge in [-0.3, -0.25) is 4.98 Å². The van der Waals surface area contributed by atoms with Gasteiger partial charge < -0.3 is 5.32 Å². The van der Waals surface area contributed by atoms with Crippen LogP contribution in [0, 0.1) is 0 Å². The van der Waals surface area contributed by atoms with E-state index in [1.807, 2.05) is 24.4 Å². The maximum absolute atomic E-state index is 4.37. The van der Waals surface area contributed by atoms with E-state index in [-0.39, 0.29) is 0 Å². The van der Waals surface area contributed by atoms with E-state index in [0.717, 1.165) is 35.3 Å². The molecule has 0 aliphatic rings. The third kappa shape index (κ3) is 4.00. The Bertz CT molecular complexity index is 458. The molecule has 1 N–H and O–H groups in total. The number of rotatable bonds is 6. The molecule has 4 nitrogen and oxygen atoms in total. The molecule has 0 saturated heterocycles. The molecular formula is C13H16N4S. The molecule has 94 valence electrons. The van der Waals surface area contributed by atoms with E-state index in [1.54, 1.807) is 24.2 Å². The van der Waals surface area contributed by atoms with Crippen molar-refractivity contribution in [1.29, 1.82) is 0 Å². The summed E-state index contributed by atoms with van der Waals surface area (Å²) >= 11 is 1.66. The van der Waals surface area contributed by atoms with Gasteiger partial charge in [0.25, 0.3) is 0 Å². The Kier molecular flexibility index (Phi) is 4.96. The van der Waals surface area contributed by atoms with Crippen LogP contribution in [-0.2, 0) is 5.75 Å². The Hall–Kier alpha value is -1.62. The van der Waals surface area contributed by atoms with Crippen LogP contribution in [0.25, 0.3) is 0 Å². The number of nitrogens with one attached hydrogen (secondary N) is 1. The van der Waals surface area contributed by atoms with Crippen molar-refractivity contribution in [2.45, 2.75) is 24.1 Å². The molecular weight excluding hydrogens is 244 g/mol. The molecule has 0 spiro atoms. The van der Waals surface area contributed by atoms with E-state index >= 15 is 0 Å². The zero-order valence-corrected chi connectivity index (χ0v) is 11.2. The van der Waals surface area contributed by atoms with Gasteiger partial charge >= 0.3 is 0 Å². The number of pyridine rings is 1. The number of nitrogens with zero attached hydrogens (tertiary/aromatic N) is 3. The minimum Gasteiger partial charge on any atom is -0.369 e. The molecule has 18 heavy (non-hydrogen) atoms. The molecule has 0 atom stereocenters. The smallest absolute Gasteiger partial charge is 0.144 e. The van der Waals surface area contributed by atoms with Crippen LogP contribution in [0.4, 0.5) is 5.82 Å². The second kappa shape index (κ2) is 6.96. The number of hydrogen-bond acceptors (Lipinski definition) is 5. The third-order valence-corrected chi connectivity index (χ3v) is 3.24. The first-order valence-electron chi connectivity index (χ1n) is 5.97. The van der Waals surface area contributed by atoms with Crippen LogP contribution in [0.5, 0.6) is 0 Å². The molecule has 2 heterocycles. The van der Waals surface area contributed by atoms with E-state index in [4.69, 9.17) is 0 Å². The Morgan fingerprint density at radius 2 is 2.11 bits per heavy atom.